The van der Waals surface area contributed by atoms with Crippen molar-refractivity contribution in [1.82, 2.24) is 4.98 Å². The monoisotopic (exact) mass is 243 g/mol. The van der Waals surface area contributed by atoms with E-state index in [2.05, 4.69) is 4.98 Å². The zero-order valence-corrected chi connectivity index (χ0v) is 8.86. The number of hydrogen-bond acceptors (Lipinski definition) is 7. The predicted molar refractivity (Wildman–Crippen MR) is 54.9 cm³/mol. The van der Waals surface area contributed by atoms with Crippen LogP contribution in [0.2, 0.25) is 0 Å². The molecular formula is C8H9N3O6. The van der Waals surface area contributed by atoms with E-state index in [0.29, 0.717) is 0 Å². The molecule has 1 heterocycles. The maximum atomic E-state index is 10.7. The average Bonchev–Trinajstić information content (AvgIpc) is 2.29. The fraction of sp³-hybridized carbons (Fsp3) is 0.375. The number of aromatic nitrogens is 1. The topological polar surface area (TPSA) is 118 Å². The molecule has 0 atom stereocenters. The largest absolute Gasteiger partial charge is 0.470 e. The van der Waals surface area contributed by atoms with Gasteiger partial charge in [0, 0.05) is 7.11 Å². The van der Waals surface area contributed by atoms with Crippen LogP contribution >= 0.6 is 0 Å². The predicted octanol–water partition coefficient (Wildman–Crippen LogP) is 0.923. The van der Waals surface area contributed by atoms with Crippen LogP contribution in [0.4, 0.5) is 11.4 Å². The van der Waals surface area contributed by atoms with Gasteiger partial charge in [0.05, 0.1) is 16.5 Å². The lowest BCUT2D eigenvalue weighted by Gasteiger charge is -2.04. The van der Waals surface area contributed by atoms with Gasteiger partial charge in [-0.25, -0.2) is 4.98 Å². The number of nitro groups is 2. The van der Waals surface area contributed by atoms with Crippen molar-refractivity contribution in [3.05, 3.63) is 32.5 Å². The minimum absolute atomic E-state index is 0.0716. The maximum Gasteiger partial charge on any atom is 0.337 e. The Hall–Kier alpha value is -2.29. The van der Waals surface area contributed by atoms with Crippen molar-refractivity contribution >= 4 is 11.4 Å². The van der Waals surface area contributed by atoms with E-state index in [1.165, 1.54) is 7.11 Å². The second kappa shape index (κ2) is 5.70. The summed E-state index contributed by atoms with van der Waals surface area (Å²) in [7, 11) is 1.45. The summed E-state index contributed by atoms with van der Waals surface area (Å²) >= 11 is 0. The van der Waals surface area contributed by atoms with Gasteiger partial charge in [0.25, 0.3) is 11.6 Å². The first-order chi connectivity index (χ1) is 8.06. The number of hydrogen-bond donors (Lipinski definition) is 0. The van der Waals surface area contributed by atoms with E-state index in [-0.39, 0.29) is 19.1 Å². The zero-order valence-electron chi connectivity index (χ0n) is 8.86. The van der Waals surface area contributed by atoms with Crippen molar-refractivity contribution < 1.29 is 19.3 Å². The van der Waals surface area contributed by atoms with Crippen molar-refractivity contribution in [2.24, 2.45) is 0 Å². The molecule has 92 valence electrons. The van der Waals surface area contributed by atoms with Gasteiger partial charge < -0.3 is 9.47 Å². The minimum Gasteiger partial charge on any atom is -0.470 e. The molecule has 1 rings (SSSR count). The summed E-state index contributed by atoms with van der Waals surface area (Å²) in [5, 5.41) is 21.1. The lowest BCUT2D eigenvalue weighted by Crippen LogP contribution is -2.07. The smallest absolute Gasteiger partial charge is 0.337 e. The van der Waals surface area contributed by atoms with E-state index in [1.54, 1.807) is 0 Å². The third-order valence-corrected chi connectivity index (χ3v) is 1.75. The lowest BCUT2D eigenvalue weighted by atomic mass is 10.3. The third-order valence-electron chi connectivity index (χ3n) is 1.75. The molecule has 1 aromatic rings. The summed E-state index contributed by atoms with van der Waals surface area (Å²) in [4.78, 5) is 23.1. The second-order valence-electron chi connectivity index (χ2n) is 2.87. The molecule has 0 saturated heterocycles. The van der Waals surface area contributed by atoms with Gasteiger partial charge in [0.15, 0.2) is 0 Å². The molecule has 0 fully saturated rings. The molecule has 17 heavy (non-hydrogen) atoms. The van der Waals surface area contributed by atoms with Gasteiger partial charge in [0.1, 0.15) is 18.9 Å². The van der Waals surface area contributed by atoms with Crippen LogP contribution in [-0.2, 0) is 4.74 Å². The van der Waals surface area contributed by atoms with Gasteiger partial charge >= 0.3 is 5.69 Å². The highest BCUT2D eigenvalue weighted by Crippen LogP contribution is 2.27. The molecule has 0 aliphatic heterocycles. The number of rotatable bonds is 6. The molecule has 0 saturated carbocycles. The highest BCUT2D eigenvalue weighted by atomic mass is 16.6. The first kappa shape index (κ1) is 12.8. The fourth-order valence-corrected chi connectivity index (χ4v) is 0.994. The molecule has 0 N–H and O–H groups in total. The van der Waals surface area contributed by atoms with Crippen molar-refractivity contribution in [1.29, 1.82) is 0 Å². The summed E-state index contributed by atoms with van der Waals surface area (Å²) in [6, 6.07) is 0.801. The quantitative estimate of drug-likeness (QED) is 0.414. The van der Waals surface area contributed by atoms with Crippen molar-refractivity contribution in [3.8, 4) is 5.88 Å². The number of pyridine rings is 1. The summed E-state index contributed by atoms with van der Waals surface area (Å²) in [6.07, 6.45) is 0.898. The van der Waals surface area contributed by atoms with Crippen LogP contribution in [0, 0.1) is 20.2 Å². The van der Waals surface area contributed by atoms with Gasteiger partial charge in [-0.2, -0.15) is 0 Å². The van der Waals surface area contributed by atoms with E-state index in [9.17, 15) is 20.2 Å². The Morgan fingerprint density at radius 2 is 2.00 bits per heavy atom. The second-order valence-corrected chi connectivity index (χ2v) is 2.87. The minimum atomic E-state index is -0.790. The molecule has 9 nitrogen and oxygen atoms in total. The standard InChI is InChI=1S/C8H9N3O6/c1-16-2-3-17-8-7(11(14)15)4-6(5-9-8)10(12)13/h4-5H,2-3H2,1H3. The Balaban J connectivity index is 2.96. The first-order valence-electron chi connectivity index (χ1n) is 4.47. The number of nitrogens with zero attached hydrogens (tertiary/aromatic N) is 3. The summed E-state index contributed by atoms with van der Waals surface area (Å²) < 4.78 is 9.67. The molecule has 0 unspecified atom stereocenters. The Labute approximate surface area is 95.3 Å². The average molecular weight is 243 g/mol. The molecule has 0 aliphatic rings. The third kappa shape index (κ3) is 3.34. The molecular weight excluding hydrogens is 234 g/mol. The van der Waals surface area contributed by atoms with Crippen molar-refractivity contribution in [2.75, 3.05) is 20.3 Å². The van der Waals surface area contributed by atoms with Crippen molar-refractivity contribution in [3.63, 3.8) is 0 Å². The maximum absolute atomic E-state index is 10.7. The molecule has 0 bridgehead atoms. The Morgan fingerprint density at radius 1 is 1.29 bits per heavy atom. The molecule has 1 aromatic heterocycles. The molecule has 0 amide bonds. The van der Waals surface area contributed by atoms with Gasteiger partial charge in [0.2, 0.25) is 0 Å². The van der Waals surface area contributed by atoms with Crippen LogP contribution in [0.25, 0.3) is 0 Å². The highest BCUT2D eigenvalue weighted by Gasteiger charge is 2.22. The molecule has 0 aliphatic carbocycles. The molecule has 0 aromatic carbocycles. The lowest BCUT2D eigenvalue weighted by molar-refractivity contribution is -0.395. The van der Waals surface area contributed by atoms with E-state index < -0.39 is 21.2 Å². The summed E-state index contributed by atoms with van der Waals surface area (Å²) in [6.45, 7) is 0.304. The van der Waals surface area contributed by atoms with Gasteiger partial charge in [-0.1, -0.05) is 0 Å². The first-order valence-corrected chi connectivity index (χ1v) is 4.47. The van der Waals surface area contributed by atoms with Gasteiger partial charge in [-0.3, -0.25) is 20.2 Å². The van der Waals surface area contributed by atoms with Crippen LogP contribution in [-0.4, -0.2) is 35.2 Å². The van der Waals surface area contributed by atoms with E-state index in [1.807, 2.05) is 0 Å². The van der Waals surface area contributed by atoms with Crippen LogP contribution in [0.1, 0.15) is 0 Å². The fourth-order valence-electron chi connectivity index (χ4n) is 0.994. The summed E-state index contributed by atoms with van der Waals surface area (Å²) in [5.41, 5.74) is -1.01. The molecule has 9 heteroatoms. The highest BCUT2D eigenvalue weighted by molar-refractivity contribution is 5.48. The van der Waals surface area contributed by atoms with E-state index in [0.717, 1.165) is 12.3 Å². The Bertz CT molecular complexity index is 435. The van der Waals surface area contributed by atoms with Crippen LogP contribution in [0.5, 0.6) is 5.88 Å². The van der Waals surface area contributed by atoms with Gasteiger partial charge in [-0.15, -0.1) is 0 Å². The normalized spacial score (nSPS) is 9.94. The Kier molecular flexibility index (Phi) is 4.29. The number of ether oxygens (including phenoxy) is 2. The van der Waals surface area contributed by atoms with E-state index >= 15 is 0 Å². The number of methoxy groups -OCH3 is 1. The SMILES string of the molecule is COCCOc1ncc([N+](=O)[O-])cc1[N+](=O)[O-]. The Morgan fingerprint density at radius 3 is 2.53 bits per heavy atom. The van der Waals surface area contributed by atoms with Gasteiger partial charge in [-0.05, 0) is 0 Å². The molecule has 0 radical (unpaired) electrons. The van der Waals surface area contributed by atoms with Crippen LogP contribution in [0.3, 0.4) is 0 Å². The zero-order chi connectivity index (χ0) is 12.8. The van der Waals surface area contributed by atoms with Crippen LogP contribution < -0.4 is 4.74 Å². The summed E-state index contributed by atoms with van der Waals surface area (Å²) in [5.74, 6) is -0.266. The molecule has 0 spiro atoms. The van der Waals surface area contributed by atoms with E-state index in [4.69, 9.17) is 9.47 Å². The van der Waals surface area contributed by atoms with Crippen molar-refractivity contribution in [2.45, 2.75) is 0 Å². The van der Waals surface area contributed by atoms with Crippen LogP contribution in [0.15, 0.2) is 12.3 Å².